The second-order valence-corrected chi connectivity index (χ2v) is 15.5. The molecule has 0 spiro atoms. The van der Waals surface area contributed by atoms with Crippen molar-refractivity contribution in [3.8, 4) is 0 Å². The maximum absolute atomic E-state index is 13.8. The van der Waals surface area contributed by atoms with E-state index < -0.39 is 109 Å². The first-order valence-electron chi connectivity index (χ1n) is 20.6. The van der Waals surface area contributed by atoms with Crippen molar-refractivity contribution >= 4 is 47.3 Å². The molecule has 19 heteroatoms. The standard InChI is InChI=1S/C43H64N8O11/c1-7-26(4)37(42(60)47-30(43(61)62-6)19-18-28-14-10-8-11-15-28)51-36(55)23-45-38(56)32(21-29-16-12-9-13-17-29)49-40(58)33(22-35(44)54)50-39(57)31(20-25(2)3)48-41(59)34(24-52)46-27(5)53/h8-17,25-26,30-34,36-37,51-52,55H,7,18-24H2,1-6H3,(H2,44,54)(H,45,56)(H,46,53)(H,47,60)(H,48,59)(H,49,58)(H,50,57)/t26-,30-,31-,32-,33-,34-,36?,37-/m0/s1. The Kier molecular flexibility index (Phi) is 22.8. The molecule has 62 heavy (non-hydrogen) atoms. The Morgan fingerprint density at radius 3 is 1.76 bits per heavy atom. The van der Waals surface area contributed by atoms with Crippen LogP contribution in [0.15, 0.2) is 60.7 Å². The fraction of sp³-hybridized carbons (Fsp3) is 0.535. The van der Waals surface area contributed by atoms with Gasteiger partial charge in [0, 0.05) is 13.3 Å². The first-order chi connectivity index (χ1) is 29.4. The normalized spacial score (nSPS) is 14.9. The predicted molar refractivity (Wildman–Crippen MR) is 228 cm³/mol. The molecule has 0 bridgehead atoms. The van der Waals surface area contributed by atoms with E-state index in [1.165, 1.54) is 7.11 Å². The second kappa shape index (κ2) is 27.1. The summed E-state index contributed by atoms with van der Waals surface area (Å²) in [5.41, 5.74) is 7.04. The van der Waals surface area contributed by atoms with Gasteiger partial charge in [0.25, 0.3) is 0 Å². The number of aryl methyl sites for hydroxylation is 1. The smallest absolute Gasteiger partial charge is 0.328 e. The van der Waals surface area contributed by atoms with Gasteiger partial charge in [-0.25, -0.2) is 4.79 Å². The highest BCUT2D eigenvalue weighted by Gasteiger charge is 2.34. The topological polar surface area (TPSA) is 296 Å². The van der Waals surface area contributed by atoms with Crippen LogP contribution in [0.25, 0.3) is 0 Å². The van der Waals surface area contributed by atoms with Gasteiger partial charge >= 0.3 is 5.97 Å². The molecule has 8 atom stereocenters. The van der Waals surface area contributed by atoms with Crippen LogP contribution in [-0.2, 0) is 55.9 Å². The number of carbonyl (C=O) groups is 8. The van der Waals surface area contributed by atoms with Crippen LogP contribution in [0.1, 0.15) is 71.4 Å². The Morgan fingerprint density at radius 1 is 0.694 bits per heavy atom. The van der Waals surface area contributed by atoms with Gasteiger partial charge in [-0.05, 0) is 42.2 Å². The quantitative estimate of drug-likeness (QED) is 0.0376. The lowest BCUT2D eigenvalue weighted by atomic mass is 9.97. The number of aliphatic hydroxyl groups is 2. The molecule has 1 unspecified atom stereocenters. The molecule has 0 heterocycles. The molecule has 0 aromatic heterocycles. The molecular formula is C43H64N8O11. The number of carbonyl (C=O) groups excluding carboxylic acids is 8. The Bertz CT molecular complexity index is 1780. The third-order valence-electron chi connectivity index (χ3n) is 9.87. The van der Waals surface area contributed by atoms with E-state index in [-0.39, 0.29) is 31.1 Å². The average molecular weight is 869 g/mol. The number of nitrogens with two attached hydrogens (primary N) is 1. The van der Waals surface area contributed by atoms with Crippen LogP contribution in [0.4, 0.5) is 0 Å². The van der Waals surface area contributed by atoms with Crippen molar-refractivity contribution in [3.63, 3.8) is 0 Å². The van der Waals surface area contributed by atoms with Gasteiger partial charge in [0.1, 0.15) is 36.4 Å². The number of esters is 1. The van der Waals surface area contributed by atoms with E-state index in [4.69, 9.17) is 10.5 Å². The zero-order chi connectivity index (χ0) is 46.4. The molecule has 0 radical (unpaired) electrons. The van der Waals surface area contributed by atoms with Gasteiger partial charge in [-0.3, -0.25) is 38.9 Å². The van der Waals surface area contributed by atoms with Crippen molar-refractivity contribution in [1.29, 1.82) is 0 Å². The molecule has 11 N–H and O–H groups in total. The van der Waals surface area contributed by atoms with Gasteiger partial charge in [-0.1, -0.05) is 94.8 Å². The number of methoxy groups -OCH3 is 1. The molecule has 7 amide bonds. The number of benzene rings is 2. The number of ether oxygens (including phenoxy) is 1. The molecule has 2 rings (SSSR count). The van der Waals surface area contributed by atoms with Crippen molar-refractivity contribution in [1.82, 2.24) is 37.2 Å². The summed E-state index contributed by atoms with van der Waals surface area (Å²) < 4.78 is 4.94. The molecule has 0 aliphatic heterocycles. The molecule has 19 nitrogen and oxygen atoms in total. The predicted octanol–water partition coefficient (Wildman–Crippen LogP) is -1.17. The van der Waals surface area contributed by atoms with Gasteiger partial charge < -0.3 is 52.6 Å². The molecule has 0 fully saturated rings. The number of nitrogens with one attached hydrogen (secondary N) is 7. The number of primary amides is 1. The van der Waals surface area contributed by atoms with Crippen molar-refractivity contribution in [2.75, 3.05) is 20.3 Å². The molecule has 0 saturated carbocycles. The van der Waals surface area contributed by atoms with E-state index in [0.717, 1.165) is 12.5 Å². The monoisotopic (exact) mass is 868 g/mol. The fourth-order valence-electron chi connectivity index (χ4n) is 6.36. The number of rotatable bonds is 27. The Morgan fingerprint density at radius 2 is 1.23 bits per heavy atom. The second-order valence-electron chi connectivity index (χ2n) is 15.5. The van der Waals surface area contributed by atoms with E-state index in [0.29, 0.717) is 18.4 Å². The highest BCUT2D eigenvalue weighted by atomic mass is 16.5. The number of hydrogen-bond acceptors (Lipinski definition) is 12. The van der Waals surface area contributed by atoms with Crippen LogP contribution >= 0.6 is 0 Å². The van der Waals surface area contributed by atoms with Gasteiger partial charge in [0.15, 0.2) is 0 Å². The zero-order valence-corrected chi connectivity index (χ0v) is 36.3. The summed E-state index contributed by atoms with van der Waals surface area (Å²) in [5.74, 6) is -6.73. The summed E-state index contributed by atoms with van der Waals surface area (Å²) in [5, 5.41) is 38.6. The molecule has 2 aromatic carbocycles. The van der Waals surface area contributed by atoms with Gasteiger partial charge in [-0.15, -0.1) is 0 Å². The summed E-state index contributed by atoms with van der Waals surface area (Å²) in [7, 11) is 1.22. The first-order valence-corrected chi connectivity index (χ1v) is 20.6. The molecule has 0 aliphatic rings. The van der Waals surface area contributed by atoms with E-state index in [1.807, 2.05) is 37.3 Å². The third kappa shape index (κ3) is 18.8. The molecule has 342 valence electrons. The minimum atomic E-state index is -1.61. The molecule has 2 aromatic rings. The first kappa shape index (κ1) is 52.2. The number of amides is 7. The Labute approximate surface area is 362 Å². The summed E-state index contributed by atoms with van der Waals surface area (Å²) >= 11 is 0. The zero-order valence-electron chi connectivity index (χ0n) is 36.3. The maximum atomic E-state index is 13.8. The molecule has 0 saturated heterocycles. The van der Waals surface area contributed by atoms with Crippen molar-refractivity contribution < 1.29 is 53.3 Å². The van der Waals surface area contributed by atoms with E-state index in [2.05, 4.69) is 37.2 Å². The lowest BCUT2D eigenvalue weighted by Gasteiger charge is -2.29. The summed E-state index contributed by atoms with van der Waals surface area (Å²) in [6.45, 7) is 7.13. The number of hydrogen-bond donors (Lipinski definition) is 10. The van der Waals surface area contributed by atoms with Crippen molar-refractivity contribution in [2.24, 2.45) is 17.6 Å². The summed E-state index contributed by atoms with van der Waals surface area (Å²) in [6.07, 6.45) is -0.915. The molecular weight excluding hydrogens is 805 g/mol. The summed E-state index contributed by atoms with van der Waals surface area (Å²) in [4.78, 5) is 104. The SMILES string of the molecule is CC[C@H](C)[C@H](NC(O)CNC(=O)[C@H](Cc1ccccc1)NC(=O)[C@H](CC(N)=O)NC(=O)[C@H](CC(C)C)NC(=O)[C@H](CO)NC(C)=O)C(=O)N[C@@H](CCc1ccccc1)C(=O)OC. The van der Waals surface area contributed by atoms with Crippen LogP contribution in [0.5, 0.6) is 0 Å². The lowest BCUT2D eigenvalue weighted by molar-refractivity contribution is -0.145. The van der Waals surface area contributed by atoms with Crippen LogP contribution in [0, 0.1) is 11.8 Å². The van der Waals surface area contributed by atoms with Crippen LogP contribution in [0.3, 0.4) is 0 Å². The Hall–Kier alpha value is -5.92. The molecule has 0 aliphatic carbocycles. The minimum Gasteiger partial charge on any atom is -0.467 e. The number of aliphatic hydroxyl groups excluding tert-OH is 2. The van der Waals surface area contributed by atoms with Crippen LogP contribution in [-0.4, -0.2) is 120 Å². The van der Waals surface area contributed by atoms with E-state index in [1.54, 1.807) is 51.1 Å². The highest BCUT2D eigenvalue weighted by Crippen LogP contribution is 2.13. The van der Waals surface area contributed by atoms with E-state index >= 15 is 0 Å². The van der Waals surface area contributed by atoms with E-state index in [9.17, 15) is 48.6 Å². The maximum Gasteiger partial charge on any atom is 0.328 e. The van der Waals surface area contributed by atoms with Crippen molar-refractivity contribution in [2.45, 2.75) is 116 Å². The van der Waals surface area contributed by atoms with Crippen molar-refractivity contribution in [3.05, 3.63) is 71.8 Å². The van der Waals surface area contributed by atoms with Gasteiger partial charge in [-0.2, -0.15) is 0 Å². The fourth-order valence-corrected chi connectivity index (χ4v) is 6.36. The lowest BCUT2D eigenvalue weighted by Crippen LogP contribution is -2.60. The average Bonchev–Trinajstić information content (AvgIpc) is 3.23. The van der Waals surface area contributed by atoms with Gasteiger partial charge in [0.2, 0.25) is 41.4 Å². The Balaban J connectivity index is 2.25. The van der Waals surface area contributed by atoms with Gasteiger partial charge in [0.05, 0.1) is 32.7 Å². The third-order valence-corrected chi connectivity index (χ3v) is 9.87. The van der Waals surface area contributed by atoms with Crippen LogP contribution in [0.2, 0.25) is 0 Å². The minimum absolute atomic E-state index is 0.0628. The highest BCUT2D eigenvalue weighted by molar-refractivity contribution is 5.97. The largest absolute Gasteiger partial charge is 0.467 e. The summed E-state index contributed by atoms with van der Waals surface area (Å²) in [6, 6.07) is 10.5. The van der Waals surface area contributed by atoms with Crippen LogP contribution < -0.4 is 43.0 Å².